The number of carbonyl (C=O) groups excluding carboxylic acids is 1. The van der Waals surface area contributed by atoms with Gasteiger partial charge in [0.05, 0.1) is 0 Å². The lowest BCUT2D eigenvalue weighted by atomic mass is 10.3. The fraction of sp³-hybridized carbons (Fsp3) is 0.357. The summed E-state index contributed by atoms with van der Waals surface area (Å²) in [5.74, 6) is 0.0605. The topological polar surface area (TPSA) is 25.2 Å². The molecule has 2 rings (SSSR count). The number of amides is 1. The lowest BCUT2D eigenvalue weighted by molar-refractivity contribution is 0.0774. The van der Waals surface area contributed by atoms with Gasteiger partial charge in [-0.1, -0.05) is 6.92 Å². The summed E-state index contributed by atoms with van der Waals surface area (Å²) in [5.41, 5.74) is 1.92. The van der Waals surface area contributed by atoms with Crippen molar-refractivity contribution in [3.63, 3.8) is 0 Å². The second-order valence-electron chi connectivity index (χ2n) is 4.53. The van der Waals surface area contributed by atoms with E-state index in [2.05, 4.69) is 34.3 Å². The van der Waals surface area contributed by atoms with Crippen LogP contribution in [0.1, 0.15) is 29.4 Å². The Morgan fingerprint density at radius 3 is 2.95 bits per heavy atom. The normalized spacial score (nSPS) is 10.7. The number of halogens is 1. The van der Waals surface area contributed by atoms with Crippen LogP contribution in [-0.2, 0) is 13.1 Å². The fourth-order valence-corrected chi connectivity index (χ4v) is 3.13. The molecule has 0 aliphatic rings. The molecule has 0 fully saturated rings. The van der Waals surface area contributed by atoms with E-state index in [1.165, 1.54) is 5.56 Å². The van der Waals surface area contributed by atoms with Crippen molar-refractivity contribution in [3.8, 4) is 0 Å². The highest BCUT2D eigenvalue weighted by atomic mass is 79.9. The van der Waals surface area contributed by atoms with Crippen molar-refractivity contribution in [2.24, 2.45) is 0 Å². The molecule has 0 bridgehead atoms. The Morgan fingerprint density at radius 1 is 1.53 bits per heavy atom. The quantitative estimate of drug-likeness (QED) is 0.807. The standard InChI is InChI=1S/C14H17BrN2OS/c1-3-5-17-9-12(15)7-13(17)14(18)16(2)8-11-4-6-19-10-11/h4,6-7,9-10H,3,5,8H2,1-2H3. The third-order valence-corrected chi connectivity index (χ3v) is 4.06. The Hall–Kier alpha value is -1.07. The minimum atomic E-state index is 0.0605. The lowest BCUT2D eigenvalue weighted by Gasteiger charge is -2.17. The van der Waals surface area contributed by atoms with Gasteiger partial charge in [-0.15, -0.1) is 0 Å². The zero-order chi connectivity index (χ0) is 13.8. The van der Waals surface area contributed by atoms with Gasteiger partial charge >= 0.3 is 0 Å². The molecule has 0 aliphatic heterocycles. The molecule has 0 radical (unpaired) electrons. The largest absolute Gasteiger partial charge is 0.342 e. The Labute approximate surface area is 126 Å². The summed E-state index contributed by atoms with van der Waals surface area (Å²) in [4.78, 5) is 14.2. The van der Waals surface area contributed by atoms with Gasteiger partial charge in [-0.3, -0.25) is 4.79 Å². The Morgan fingerprint density at radius 2 is 2.32 bits per heavy atom. The number of aromatic nitrogens is 1. The first-order chi connectivity index (χ1) is 9.11. The summed E-state index contributed by atoms with van der Waals surface area (Å²) < 4.78 is 2.96. The van der Waals surface area contributed by atoms with Crippen LogP contribution in [-0.4, -0.2) is 22.4 Å². The highest BCUT2D eigenvalue weighted by Gasteiger charge is 2.17. The summed E-state index contributed by atoms with van der Waals surface area (Å²) in [6, 6.07) is 3.94. The first kappa shape index (κ1) is 14.3. The van der Waals surface area contributed by atoms with Crippen molar-refractivity contribution in [2.45, 2.75) is 26.4 Å². The van der Waals surface area contributed by atoms with Crippen LogP contribution < -0.4 is 0 Å². The second kappa shape index (κ2) is 6.39. The average Bonchev–Trinajstić information content (AvgIpc) is 2.98. The number of carbonyl (C=O) groups is 1. The molecule has 0 atom stereocenters. The number of rotatable bonds is 5. The maximum Gasteiger partial charge on any atom is 0.270 e. The zero-order valence-electron chi connectivity index (χ0n) is 11.1. The highest BCUT2D eigenvalue weighted by Crippen LogP contribution is 2.18. The van der Waals surface area contributed by atoms with Gasteiger partial charge in [0.1, 0.15) is 5.69 Å². The van der Waals surface area contributed by atoms with Gasteiger partial charge in [-0.05, 0) is 50.8 Å². The van der Waals surface area contributed by atoms with E-state index < -0.39 is 0 Å². The van der Waals surface area contributed by atoms with Gasteiger partial charge < -0.3 is 9.47 Å². The van der Waals surface area contributed by atoms with Gasteiger partial charge in [0.25, 0.3) is 5.91 Å². The van der Waals surface area contributed by atoms with Gasteiger partial charge in [-0.25, -0.2) is 0 Å². The van der Waals surface area contributed by atoms with Gasteiger partial charge in [0.2, 0.25) is 0 Å². The van der Waals surface area contributed by atoms with E-state index in [0.717, 1.165) is 23.1 Å². The first-order valence-corrected chi connectivity index (χ1v) is 7.97. The van der Waals surface area contributed by atoms with E-state index in [1.54, 1.807) is 16.2 Å². The number of nitrogens with zero attached hydrogens (tertiary/aromatic N) is 2. The number of hydrogen-bond donors (Lipinski definition) is 0. The smallest absolute Gasteiger partial charge is 0.270 e. The maximum absolute atomic E-state index is 12.5. The minimum absolute atomic E-state index is 0.0605. The molecule has 102 valence electrons. The molecule has 3 nitrogen and oxygen atoms in total. The van der Waals surface area contributed by atoms with Crippen LogP contribution >= 0.6 is 27.3 Å². The van der Waals surface area contributed by atoms with Crippen molar-refractivity contribution in [2.75, 3.05) is 7.05 Å². The molecule has 0 saturated carbocycles. The molecule has 2 heterocycles. The Bertz CT molecular complexity index is 548. The molecule has 0 aliphatic carbocycles. The Kier molecular flexibility index (Phi) is 4.82. The van der Waals surface area contributed by atoms with Crippen LogP contribution in [0.15, 0.2) is 33.6 Å². The molecular formula is C14H17BrN2OS. The van der Waals surface area contributed by atoms with E-state index in [4.69, 9.17) is 0 Å². The summed E-state index contributed by atoms with van der Waals surface area (Å²) in [6.07, 6.45) is 2.98. The van der Waals surface area contributed by atoms with Crippen molar-refractivity contribution in [1.29, 1.82) is 0 Å². The molecule has 0 unspecified atom stereocenters. The van der Waals surface area contributed by atoms with E-state index in [1.807, 2.05) is 29.3 Å². The van der Waals surface area contributed by atoms with Crippen LogP contribution in [0.2, 0.25) is 0 Å². The van der Waals surface area contributed by atoms with Crippen molar-refractivity contribution in [3.05, 3.63) is 44.8 Å². The van der Waals surface area contributed by atoms with Crippen LogP contribution in [0, 0.1) is 0 Å². The summed E-state index contributed by atoms with van der Waals surface area (Å²) in [7, 11) is 1.84. The molecular weight excluding hydrogens is 324 g/mol. The first-order valence-electron chi connectivity index (χ1n) is 6.24. The third-order valence-electron chi connectivity index (χ3n) is 2.89. The minimum Gasteiger partial charge on any atom is -0.342 e. The van der Waals surface area contributed by atoms with Crippen molar-refractivity contribution < 1.29 is 4.79 Å². The zero-order valence-corrected chi connectivity index (χ0v) is 13.5. The summed E-state index contributed by atoms with van der Waals surface area (Å²) in [5, 5.41) is 4.11. The Balaban J connectivity index is 2.14. The maximum atomic E-state index is 12.5. The monoisotopic (exact) mass is 340 g/mol. The van der Waals surface area contributed by atoms with Crippen molar-refractivity contribution >= 4 is 33.2 Å². The van der Waals surface area contributed by atoms with Crippen LogP contribution in [0.25, 0.3) is 0 Å². The summed E-state index contributed by atoms with van der Waals surface area (Å²) in [6.45, 7) is 3.62. The molecule has 0 saturated heterocycles. The number of aryl methyl sites for hydroxylation is 1. The number of hydrogen-bond acceptors (Lipinski definition) is 2. The van der Waals surface area contributed by atoms with Crippen LogP contribution in [0.4, 0.5) is 0 Å². The predicted molar refractivity (Wildman–Crippen MR) is 82.5 cm³/mol. The van der Waals surface area contributed by atoms with Gasteiger partial charge in [0.15, 0.2) is 0 Å². The van der Waals surface area contributed by atoms with Gasteiger partial charge in [0, 0.05) is 30.8 Å². The molecule has 1 amide bonds. The third kappa shape index (κ3) is 3.48. The second-order valence-corrected chi connectivity index (χ2v) is 6.23. The lowest BCUT2D eigenvalue weighted by Crippen LogP contribution is -2.28. The fourth-order valence-electron chi connectivity index (χ4n) is 2.00. The molecule has 0 aromatic carbocycles. The van der Waals surface area contributed by atoms with E-state index in [9.17, 15) is 4.79 Å². The van der Waals surface area contributed by atoms with E-state index >= 15 is 0 Å². The van der Waals surface area contributed by atoms with Crippen LogP contribution in [0.3, 0.4) is 0 Å². The van der Waals surface area contributed by atoms with Crippen molar-refractivity contribution in [1.82, 2.24) is 9.47 Å². The molecule has 2 aromatic heterocycles. The molecule has 19 heavy (non-hydrogen) atoms. The molecule has 2 aromatic rings. The van der Waals surface area contributed by atoms with E-state index in [-0.39, 0.29) is 5.91 Å². The van der Waals surface area contributed by atoms with Crippen LogP contribution in [0.5, 0.6) is 0 Å². The number of thiophene rings is 1. The average molecular weight is 341 g/mol. The van der Waals surface area contributed by atoms with Gasteiger partial charge in [-0.2, -0.15) is 11.3 Å². The molecule has 5 heteroatoms. The predicted octanol–water partition coefficient (Wildman–Crippen LogP) is 3.99. The molecule has 0 spiro atoms. The van der Waals surface area contributed by atoms with E-state index in [0.29, 0.717) is 6.54 Å². The highest BCUT2D eigenvalue weighted by molar-refractivity contribution is 9.10. The molecule has 0 N–H and O–H groups in total. The SMILES string of the molecule is CCCn1cc(Br)cc1C(=O)N(C)Cc1ccsc1. The summed E-state index contributed by atoms with van der Waals surface area (Å²) >= 11 is 5.09.